The van der Waals surface area contributed by atoms with Crippen molar-refractivity contribution >= 4 is 17.7 Å². The minimum atomic E-state index is -0.503. The van der Waals surface area contributed by atoms with E-state index in [1.54, 1.807) is 32.9 Å². The molecule has 1 unspecified atom stereocenters. The lowest BCUT2D eigenvalue weighted by Gasteiger charge is -2.20. The second-order valence-electron chi connectivity index (χ2n) is 4.37. The van der Waals surface area contributed by atoms with Gasteiger partial charge in [0, 0.05) is 6.54 Å². The molecule has 0 saturated carbocycles. The number of hydrogen-bond donors (Lipinski definition) is 1. The molecule has 90 valence electrons. The van der Waals surface area contributed by atoms with Gasteiger partial charge in [-0.05, 0) is 32.9 Å². The Bertz CT molecular complexity index is 329. The molecule has 16 heavy (non-hydrogen) atoms. The molecular formula is C11H16ClNO3. The van der Waals surface area contributed by atoms with Crippen LogP contribution in [0.2, 0.25) is 0 Å². The van der Waals surface area contributed by atoms with E-state index >= 15 is 0 Å². The first-order valence-electron chi connectivity index (χ1n) is 5.03. The van der Waals surface area contributed by atoms with E-state index < -0.39 is 11.7 Å². The number of ether oxygens (including phenoxy) is 1. The summed E-state index contributed by atoms with van der Waals surface area (Å²) in [7, 11) is 0. The van der Waals surface area contributed by atoms with Gasteiger partial charge in [-0.2, -0.15) is 0 Å². The van der Waals surface area contributed by atoms with Gasteiger partial charge in [0.15, 0.2) is 0 Å². The summed E-state index contributed by atoms with van der Waals surface area (Å²) in [5.74, 6) is 0.623. The predicted octanol–water partition coefficient (Wildman–Crippen LogP) is 3.08. The Kier molecular flexibility index (Phi) is 4.24. The number of nitrogens with one attached hydrogen (secondary N) is 1. The number of hydrogen-bond acceptors (Lipinski definition) is 3. The van der Waals surface area contributed by atoms with E-state index in [9.17, 15) is 4.79 Å². The molecule has 0 bridgehead atoms. The summed E-state index contributed by atoms with van der Waals surface area (Å²) in [4.78, 5) is 11.3. The maximum Gasteiger partial charge on any atom is 0.407 e. The predicted molar refractivity (Wildman–Crippen MR) is 61.5 cm³/mol. The number of halogens is 1. The number of carbonyl (C=O) groups is 1. The summed E-state index contributed by atoms with van der Waals surface area (Å²) in [5.41, 5.74) is -0.503. The van der Waals surface area contributed by atoms with Gasteiger partial charge >= 0.3 is 6.09 Å². The van der Waals surface area contributed by atoms with Crippen LogP contribution in [0.4, 0.5) is 4.79 Å². The molecule has 1 rings (SSSR count). The first-order valence-corrected chi connectivity index (χ1v) is 5.46. The van der Waals surface area contributed by atoms with Crippen molar-refractivity contribution < 1.29 is 13.9 Å². The Morgan fingerprint density at radius 2 is 2.31 bits per heavy atom. The lowest BCUT2D eigenvalue weighted by molar-refractivity contribution is 0.0527. The standard InChI is InChI=1S/C11H16ClNO3/c1-11(2,3)16-10(14)13-7-8(12)9-5-4-6-15-9/h4-6,8H,7H2,1-3H3,(H,13,14). The SMILES string of the molecule is CC(C)(C)OC(=O)NCC(Cl)c1ccco1. The van der Waals surface area contributed by atoms with Gasteiger partial charge in [0.05, 0.1) is 6.26 Å². The Labute approximate surface area is 99.9 Å². The Morgan fingerprint density at radius 3 is 2.81 bits per heavy atom. The van der Waals surface area contributed by atoms with Gasteiger partial charge in [0.25, 0.3) is 0 Å². The summed E-state index contributed by atoms with van der Waals surface area (Å²) in [6.07, 6.45) is 1.06. The number of alkyl carbamates (subject to hydrolysis) is 1. The molecule has 0 fully saturated rings. The average molecular weight is 246 g/mol. The molecule has 1 aromatic rings. The van der Waals surface area contributed by atoms with Crippen molar-refractivity contribution in [2.24, 2.45) is 0 Å². The van der Waals surface area contributed by atoms with Crippen molar-refractivity contribution in [3.8, 4) is 0 Å². The average Bonchev–Trinajstić information content (AvgIpc) is 2.64. The van der Waals surface area contributed by atoms with Crippen LogP contribution in [0.1, 0.15) is 31.9 Å². The van der Waals surface area contributed by atoms with Crippen molar-refractivity contribution in [3.63, 3.8) is 0 Å². The first kappa shape index (κ1) is 12.9. The van der Waals surface area contributed by atoms with Crippen LogP contribution in [-0.2, 0) is 4.74 Å². The summed E-state index contributed by atoms with van der Waals surface area (Å²) < 4.78 is 10.2. The number of amides is 1. The Morgan fingerprint density at radius 1 is 1.62 bits per heavy atom. The Balaban J connectivity index is 2.32. The highest BCUT2D eigenvalue weighted by molar-refractivity contribution is 6.20. The fraction of sp³-hybridized carbons (Fsp3) is 0.545. The summed E-state index contributed by atoms with van der Waals surface area (Å²) in [6.45, 7) is 5.68. The maximum atomic E-state index is 11.3. The summed E-state index contributed by atoms with van der Waals surface area (Å²) in [6, 6.07) is 3.51. The zero-order chi connectivity index (χ0) is 12.2. The van der Waals surface area contributed by atoms with E-state index in [-0.39, 0.29) is 11.9 Å². The molecule has 1 N–H and O–H groups in total. The largest absolute Gasteiger partial charge is 0.468 e. The van der Waals surface area contributed by atoms with Gasteiger partial charge in [-0.25, -0.2) is 4.79 Å². The van der Waals surface area contributed by atoms with Crippen LogP contribution in [0, 0.1) is 0 Å². The lowest BCUT2D eigenvalue weighted by atomic mass is 10.2. The zero-order valence-corrected chi connectivity index (χ0v) is 10.4. The van der Waals surface area contributed by atoms with Crippen molar-refractivity contribution in [3.05, 3.63) is 24.2 Å². The molecular weight excluding hydrogens is 230 g/mol. The third kappa shape index (κ3) is 4.57. The fourth-order valence-corrected chi connectivity index (χ4v) is 1.26. The highest BCUT2D eigenvalue weighted by Crippen LogP contribution is 2.19. The summed E-state index contributed by atoms with van der Waals surface area (Å²) >= 11 is 6.00. The minimum Gasteiger partial charge on any atom is -0.468 e. The molecule has 0 radical (unpaired) electrons. The molecule has 1 amide bonds. The van der Waals surface area contributed by atoms with E-state index in [1.807, 2.05) is 0 Å². The number of alkyl halides is 1. The van der Waals surface area contributed by atoms with Crippen LogP contribution >= 0.6 is 11.6 Å². The van der Waals surface area contributed by atoms with E-state index in [2.05, 4.69) is 5.32 Å². The van der Waals surface area contributed by atoms with E-state index in [0.717, 1.165) is 0 Å². The van der Waals surface area contributed by atoms with E-state index in [0.29, 0.717) is 5.76 Å². The molecule has 0 aliphatic heterocycles. The van der Waals surface area contributed by atoms with Crippen LogP contribution in [-0.4, -0.2) is 18.2 Å². The normalized spacial score (nSPS) is 13.2. The molecule has 0 aliphatic rings. The van der Waals surface area contributed by atoms with Crippen LogP contribution in [0.3, 0.4) is 0 Å². The lowest BCUT2D eigenvalue weighted by Crippen LogP contribution is -2.34. The van der Waals surface area contributed by atoms with Crippen LogP contribution in [0.5, 0.6) is 0 Å². The van der Waals surface area contributed by atoms with Gasteiger partial charge in [-0.15, -0.1) is 11.6 Å². The highest BCUT2D eigenvalue weighted by Gasteiger charge is 2.18. The monoisotopic (exact) mass is 245 g/mol. The zero-order valence-electron chi connectivity index (χ0n) is 9.62. The van der Waals surface area contributed by atoms with Gasteiger partial charge in [-0.1, -0.05) is 0 Å². The van der Waals surface area contributed by atoms with Crippen molar-refractivity contribution in [1.29, 1.82) is 0 Å². The molecule has 0 aliphatic carbocycles. The van der Waals surface area contributed by atoms with Crippen molar-refractivity contribution in [2.45, 2.75) is 31.7 Å². The third-order valence-corrected chi connectivity index (χ3v) is 2.05. The van der Waals surface area contributed by atoms with Crippen LogP contribution < -0.4 is 5.32 Å². The molecule has 1 aromatic heterocycles. The quantitative estimate of drug-likeness (QED) is 0.833. The van der Waals surface area contributed by atoms with E-state index in [4.69, 9.17) is 20.8 Å². The van der Waals surface area contributed by atoms with Crippen molar-refractivity contribution in [2.75, 3.05) is 6.54 Å². The van der Waals surface area contributed by atoms with Crippen molar-refractivity contribution in [1.82, 2.24) is 5.32 Å². The second kappa shape index (κ2) is 5.25. The molecule has 1 atom stereocenters. The molecule has 0 aromatic carbocycles. The molecule has 5 heteroatoms. The smallest absolute Gasteiger partial charge is 0.407 e. The molecule has 1 heterocycles. The van der Waals surface area contributed by atoms with E-state index in [1.165, 1.54) is 6.26 Å². The van der Waals surface area contributed by atoms with Gasteiger partial charge in [-0.3, -0.25) is 0 Å². The van der Waals surface area contributed by atoms with Crippen LogP contribution in [0.15, 0.2) is 22.8 Å². The molecule has 0 spiro atoms. The minimum absolute atomic E-state index is 0.268. The number of furan rings is 1. The second-order valence-corrected chi connectivity index (χ2v) is 4.89. The number of rotatable bonds is 3. The van der Waals surface area contributed by atoms with Gasteiger partial charge in [0.2, 0.25) is 0 Å². The molecule has 0 saturated heterocycles. The van der Waals surface area contributed by atoms with Gasteiger partial charge < -0.3 is 14.5 Å². The maximum absolute atomic E-state index is 11.3. The first-order chi connectivity index (χ1) is 7.38. The summed E-state index contributed by atoms with van der Waals surface area (Å²) in [5, 5.41) is 2.19. The Hall–Kier alpha value is -1.16. The highest BCUT2D eigenvalue weighted by atomic mass is 35.5. The molecule has 4 nitrogen and oxygen atoms in total. The fourth-order valence-electron chi connectivity index (χ4n) is 1.06. The number of carbonyl (C=O) groups excluding carboxylic acids is 1. The van der Waals surface area contributed by atoms with Gasteiger partial charge in [0.1, 0.15) is 16.7 Å². The van der Waals surface area contributed by atoms with Crippen LogP contribution in [0.25, 0.3) is 0 Å². The topological polar surface area (TPSA) is 51.5 Å². The third-order valence-electron chi connectivity index (χ3n) is 1.68.